The number of aromatic nitrogens is 3. The molecule has 5 aliphatic heterocycles. The van der Waals surface area contributed by atoms with Crippen LogP contribution in [0.4, 0.5) is 0 Å². The van der Waals surface area contributed by atoms with Crippen molar-refractivity contribution in [2.45, 2.75) is 157 Å². The number of H-pyrrole nitrogens is 2. The van der Waals surface area contributed by atoms with Crippen molar-refractivity contribution in [3.05, 3.63) is 225 Å². The Morgan fingerprint density at radius 3 is 2.36 bits per heavy atom. The second kappa shape index (κ2) is 23.5. The summed E-state index contributed by atoms with van der Waals surface area (Å²) in [6, 6.07) is 42.8. The lowest BCUT2D eigenvalue weighted by atomic mass is 9.30. The zero-order valence-corrected chi connectivity index (χ0v) is 53.8. The largest absolute Gasteiger partial charge is 0.507 e. The summed E-state index contributed by atoms with van der Waals surface area (Å²) in [5.41, 5.74) is 13.0. The fourth-order valence-corrected chi connectivity index (χ4v) is 22.6. The number of hydrogen-bond acceptors (Lipinski definition) is 10. The topological polar surface area (TPSA) is 202 Å². The van der Waals surface area contributed by atoms with E-state index in [1.807, 2.05) is 18.5 Å². The van der Waals surface area contributed by atoms with Crippen LogP contribution < -0.4 is 16.0 Å². The number of benzene rings is 6. The van der Waals surface area contributed by atoms with Crippen molar-refractivity contribution in [3.8, 4) is 28.7 Å². The maximum absolute atomic E-state index is 13.7. The van der Waals surface area contributed by atoms with Gasteiger partial charge in [0.2, 0.25) is 0 Å². The highest BCUT2D eigenvalue weighted by Gasteiger charge is 2.80. The van der Waals surface area contributed by atoms with Crippen LogP contribution in [0.3, 0.4) is 0 Å². The van der Waals surface area contributed by atoms with Gasteiger partial charge in [-0.15, -0.1) is 0 Å². The van der Waals surface area contributed by atoms with Crippen LogP contribution in [-0.4, -0.2) is 82.9 Å². The molecule has 0 radical (unpaired) electrons. The Balaban J connectivity index is 0.809. The number of allylic oxidation sites excluding steroid dienone is 1. The predicted octanol–water partition coefficient (Wildman–Crippen LogP) is 14.3. The molecular weight excluding hydrogens is 1160 g/mol. The molecule has 11 N–H and O–H groups in total. The highest BCUT2D eigenvalue weighted by molar-refractivity contribution is 6.03. The number of phenols is 5. The van der Waals surface area contributed by atoms with Crippen molar-refractivity contribution in [1.82, 2.24) is 30.9 Å². The molecule has 8 aromatic rings. The van der Waals surface area contributed by atoms with Crippen molar-refractivity contribution in [2.75, 3.05) is 13.1 Å². The first kappa shape index (κ1) is 59.8. The second-order valence-electron chi connectivity index (χ2n) is 30.4. The summed E-state index contributed by atoms with van der Waals surface area (Å²) in [6.07, 6.45) is 35.3. The smallest absolute Gasteiger partial charge is 0.169 e. The summed E-state index contributed by atoms with van der Waals surface area (Å²) in [4.78, 5) is 12.8. The minimum atomic E-state index is -0.614. The lowest BCUT2D eigenvalue weighted by Crippen LogP contribution is -2.79. The van der Waals surface area contributed by atoms with E-state index in [2.05, 4.69) is 136 Å². The molecule has 15 unspecified atom stereocenters. The Hall–Kier alpha value is -7.87. The van der Waals surface area contributed by atoms with Crippen molar-refractivity contribution in [2.24, 2.45) is 45.8 Å². The first-order valence-electron chi connectivity index (χ1n) is 35.5. The van der Waals surface area contributed by atoms with Crippen molar-refractivity contribution in [3.63, 3.8) is 0 Å². The van der Waals surface area contributed by atoms with E-state index in [0.29, 0.717) is 58.6 Å². The summed E-state index contributed by atoms with van der Waals surface area (Å²) >= 11 is 0. The summed E-state index contributed by atoms with van der Waals surface area (Å²) in [5, 5.41) is 82.7. The average molecular weight is 1260 g/mol. The molecule has 4 saturated carbocycles. The molecule has 18 rings (SSSR count). The SMILES string of the molecule is Oc1ccc(C=Cc2c(CCc3ccc(C4CC56CC7NC(C5)C(c5ccccc5)C=C7CNCCc5c[nH]c(c5)CCCc5cccc(c5)CC5CCC7CC6C(N4)C4(c6cnc[nH]6)C6C(O)C=CC8CCCC86CCC574)cc3)c(O)c(O)c3c(O)cccc23)cc1O. The molecule has 3 spiro atoms. The molecule has 12 bridgehead atoms. The van der Waals surface area contributed by atoms with Crippen LogP contribution in [0, 0.1) is 45.8 Å². The van der Waals surface area contributed by atoms with Crippen LogP contribution in [0.2, 0.25) is 0 Å². The third-order valence-electron chi connectivity index (χ3n) is 26.2. The van der Waals surface area contributed by atoms with Gasteiger partial charge in [0.25, 0.3) is 0 Å². The van der Waals surface area contributed by atoms with Crippen LogP contribution in [0.5, 0.6) is 28.7 Å². The van der Waals surface area contributed by atoms with Gasteiger partial charge < -0.3 is 56.6 Å². The number of nitrogens with one attached hydrogen (secondary N) is 5. The van der Waals surface area contributed by atoms with Crippen molar-refractivity contribution < 1.29 is 30.6 Å². The third kappa shape index (κ3) is 9.60. The highest BCUT2D eigenvalue weighted by atomic mass is 16.3. The monoisotopic (exact) mass is 1250 g/mol. The highest BCUT2D eigenvalue weighted by Crippen LogP contribution is 2.80. The van der Waals surface area contributed by atoms with Gasteiger partial charge in [0.15, 0.2) is 23.0 Å². The van der Waals surface area contributed by atoms with Crippen LogP contribution in [0.15, 0.2) is 164 Å². The molecule has 7 heterocycles. The van der Waals surface area contributed by atoms with E-state index < -0.39 is 11.5 Å². The standard InChI is InChI=1S/C82H90N6O6/c89-69-29-21-51(39-72(69)92)20-27-61-62-15-6-16-70(90)74(62)76(94)75(93)63(61)28-19-49-17-22-55(23-18-49)66-42-79-43-67-56(40-64(68(44-79)87-67)54-11-2-1-3-12-54)46-83-35-31-53-38-60(85-45-53)14-5-9-50-8-4-10-52(36-50)37-58-24-25-59-41-65(79)78(88-66)82(73-47-84-48-86-73)77-71(91)30-26-57-13-7-32-80(57,77)33-34-81(58,59)82/h1-4,6,8,10-12,15-18,20-23,26-27,29-30,36,38-40,45,47-48,57-59,64-68,71,77-78,83,85,87-94H,5,7,9,13-14,19,24-25,28,31-35,37,41-44,46H2,(H,84,86). The molecule has 10 aliphatic rings. The number of hydrogen-bond donors (Lipinski definition) is 11. The van der Waals surface area contributed by atoms with Crippen LogP contribution in [0.25, 0.3) is 22.9 Å². The summed E-state index contributed by atoms with van der Waals surface area (Å²) in [5.74, 6) is 0.506. The Bertz CT molecular complexity index is 4250. The summed E-state index contributed by atoms with van der Waals surface area (Å²) < 4.78 is 0. The van der Waals surface area contributed by atoms with E-state index >= 15 is 0 Å². The molecule has 94 heavy (non-hydrogen) atoms. The van der Waals surface area contributed by atoms with Crippen LogP contribution in [0.1, 0.15) is 150 Å². The predicted molar refractivity (Wildman–Crippen MR) is 370 cm³/mol. The first-order chi connectivity index (χ1) is 45.9. The number of aromatic amines is 2. The Morgan fingerprint density at radius 2 is 1.50 bits per heavy atom. The van der Waals surface area contributed by atoms with E-state index in [4.69, 9.17) is 10.3 Å². The van der Waals surface area contributed by atoms with Crippen LogP contribution in [-0.2, 0) is 43.9 Å². The lowest BCUT2D eigenvalue weighted by molar-refractivity contribution is -0.230. The van der Waals surface area contributed by atoms with Gasteiger partial charge in [-0.25, -0.2) is 4.98 Å². The van der Waals surface area contributed by atoms with E-state index in [1.54, 1.807) is 18.2 Å². The van der Waals surface area contributed by atoms with E-state index in [0.717, 1.165) is 89.3 Å². The fraction of sp³-hybridized carbons (Fsp3) is 0.427. The number of aliphatic hydroxyl groups is 1. The molecule has 5 aliphatic carbocycles. The van der Waals surface area contributed by atoms with E-state index in [-0.39, 0.29) is 86.4 Å². The number of phenolic OH excluding ortho intramolecular Hbond substituents is 5. The van der Waals surface area contributed by atoms with Crippen LogP contribution >= 0.6 is 0 Å². The van der Waals surface area contributed by atoms with Gasteiger partial charge in [-0.2, -0.15) is 0 Å². The first-order valence-corrected chi connectivity index (χ1v) is 35.5. The number of rotatable bonds is 8. The van der Waals surface area contributed by atoms with Gasteiger partial charge in [0, 0.05) is 77.3 Å². The Labute approximate surface area is 551 Å². The maximum Gasteiger partial charge on any atom is 0.169 e. The minimum absolute atomic E-state index is 0.00590. The number of aliphatic hydroxyl groups excluding tert-OH is 1. The fourth-order valence-electron chi connectivity index (χ4n) is 22.6. The molecule has 484 valence electrons. The lowest BCUT2D eigenvalue weighted by Gasteiger charge is -2.76. The van der Waals surface area contributed by atoms with E-state index in [9.17, 15) is 30.6 Å². The normalized spacial score (nSPS) is 33.5. The number of aromatic hydroxyl groups is 5. The average Bonchev–Trinajstić information content (AvgIpc) is 1.24. The minimum Gasteiger partial charge on any atom is -0.507 e. The number of imidazole rings is 1. The maximum atomic E-state index is 13.7. The van der Waals surface area contributed by atoms with Crippen molar-refractivity contribution >= 4 is 22.9 Å². The van der Waals surface area contributed by atoms with Gasteiger partial charge in [0.05, 0.1) is 17.8 Å². The molecule has 2 saturated heterocycles. The molecule has 6 aromatic carbocycles. The quantitative estimate of drug-likeness (QED) is 0.0395. The molecule has 6 fully saturated rings. The number of fused-ring (bicyclic) bond motifs is 7. The van der Waals surface area contributed by atoms with Gasteiger partial charge in [-0.1, -0.05) is 134 Å². The summed E-state index contributed by atoms with van der Waals surface area (Å²) in [7, 11) is 0. The zero-order valence-electron chi connectivity index (χ0n) is 53.8. The van der Waals surface area contributed by atoms with Crippen molar-refractivity contribution in [1.29, 1.82) is 0 Å². The van der Waals surface area contributed by atoms with Gasteiger partial charge in [-0.3, -0.25) is 0 Å². The molecule has 0 amide bonds. The van der Waals surface area contributed by atoms with Gasteiger partial charge in [0.1, 0.15) is 5.75 Å². The third-order valence-corrected chi connectivity index (χ3v) is 26.2. The summed E-state index contributed by atoms with van der Waals surface area (Å²) in [6.45, 7) is 1.72. The second-order valence-corrected chi connectivity index (χ2v) is 30.4. The van der Waals surface area contributed by atoms with Gasteiger partial charge >= 0.3 is 0 Å². The molecular formula is C82H90N6O6. The number of aryl methyl sites for hydroxylation is 3. The zero-order chi connectivity index (χ0) is 63.5. The van der Waals surface area contributed by atoms with Gasteiger partial charge in [-0.05, 0) is 235 Å². The number of piperidine rings is 2. The Morgan fingerprint density at radius 1 is 0.649 bits per heavy atom. The number of nitrogens with zero attached hydrogens (tertiary/aromatic N) is 1. The molecule has 15 atom stereocenters. The molecule has 12 nitrogen and oxygen atoms in total. The molecule has 2 aromatic heterocycles. The van der Waals surface area contributed by atoms with E-state index in [1.165, 1.54) is 95.1 Å². The Kier molecular flexibility index (Phi) is 15.0. The molecule has 12 heteroatoms.